The number of nitrogens with two attached hydrogens (primary N) is 1. The number of aliphatic imine (C=N–C) groups is 1. The number of aryl methyl sites for hydroxylation is 2. The van der Waals surface area contributed by atoms with E-state index >= 15 is 0 Å². The molecule has 1 aromatic carbocycles. The molecule has 28 heavy (non-hydrogen) atoms. The van der Waals surface area contributed by atoms with Crippen LogP contribution in [-0.2, 0) is 18.6 Å². The van der Waals surface area contributed by atoms with Crippen LogP contribution in [0.4, 0.5) is 5.69 Å². The second-order valence-electron chi connectivity index (χ2n) is 7.19. The van der Waals surface area contributed by atoms with Crippen molar-refractivity contribution in [1.29, 1.82) is 0 Å². The van der Waals surface area contributed by atoms with Gasteiger partial charge in [0.2, 0.25) is 0 Å². The number of rotatable bonds is 5. The number of benzene rings is 1. The molecule has 0 radical (unpaired) electrons. The van der Waals surface area contributed by atoms with E-state index in [2.05, 4.69) is 40.9 Å². The van der Waals surface area contributed by atoms with E-state index in [0.717, 1.165) is 41.6 Å². The molecule has 0 unspecified atom stereocenters. The molecule has 2 aromatic heterocycles. The van der Waals surface area contributed by atoms with Crippen LogP contribution in [0, 0.1) is 0 Å². The summed E-state index contributed by atoms with van der Waals surface area (Å²) in [6.07, 6.45) is 4.31. The van der Waals surface area contributed by atoms with Gasteiger partial charge in [-0.15, -0.1) is 11.3 Å². The van der Waals surface area contributed by atoms with Crippen molar-refractivity contribution < 1.29 is 0 Å². The van der Waals surface area contributed by atoms with Crippen molar-refractivity contribution in [2.45, 2.75) is 51.2 Å². The molecule has 0 aliphatic heterocycles. The first-order valence-corrected chi connectivity index (χ1v) is 11.5. The quantitative estimate of drug-likeness (QED) is 0.463. The lowest BCUT2D eigenvalue weighted by Gasteiger charge is -2.08. The molecule has 0 saturated carbocycles. The van der Waals surface area contributed by atoms with Crippen molar-refractivity contribution in [3.8, 4) is 0 Å². The molecule has 0 saturated heterocycles. The largest absolute Gasteiger partial charge is 0.378 e. The van der Waals surface area contributed by atoms with Crippen molar-refractivity contribution in [3.05, 3.63) is 56.4 Å². The van der Waals surface area contributed by atoms with Crippen LogP contribution < -0.4 is 11.3 Å². The van der Waals surface area contributed by atoms with Crippen LogP contribution in [0.2, 0.25) is 0 Å². The smallest absolute Gasteiger partial charge is 0.259 e. The van der Waals surface area contributed by atoms with Crippen LogP contribution in [0.1, 0.15) is 54.4 Å². The highest BCUT2D eigenvalue weighted by Crippen LogP contribution is 2.34. The van der Waals surface area contributed by atoms with Crippen molar-refractivity contribution in [2.24, 2.45) is 10.7 Å². The van der Waals surface area contributed by atoms with Gasteiger partial charge in [0, 0.05) is 4.88 Å². The van der Waals surface area contributed by atoms with Gasteiger partial charge in [0.15, 0.2) is 5.17 Å². The Morgan fingerprint density at radius 2 is 2.14 bits per heavy atom. The number of thioether (sulfide) groups is 1. The minimum atomic E-state index is -0.0313. The summed E-state index contributed by atoms with van der Waals surface area (Å²) >= 11 is 3.04. The number of hydrogen-bond donors (Lipinski definition) is 2. The van der Waals surface area contributed by atoms with Crippen molar-refractivity contribution in [1.82, 2.24) is 9.97 Å². The Morgan fingerprint density at radius 1 is 1.36 bits per heavy atom. The first-order chi connectivity index (χ1) is 13.5. The first-order valence-electron chi connectivity index (χ1n) is 9.65. The number of aromatic amines is 1. The summed E-state index contributed by atoms with van der Waals surface area (Å²) in [5.74, 6) is 1.68. The fourth-order valence-corrected chi connectivity index (χ4v) is 5.40. The predicted molar refractivity (Wildman–Crippen MR) is 120 cm³/mol. The molecular weight excluding hydrogens is 388 g/mol. The van der Waals surface area contributed by atoms with Crippen molar-refractivity contribution in [2.75, 3.05) is 0 Å². The predicted octanol–water partition coefficient (Wildman–Crippen LogP) is 4.87. The second-order valence-corrected chi connectivity index (χ2v) is 9.27. The van der Waals surface area contributed by atoms with Crippen LogP contribution in [0.3, 0.4) is 0 Å². The van der Waals surface area contributed by atoms with Crippen molar-refractivity contribution >= 4 is 44.2 Å². The molecule has 1 aliphatic carbocycles. The molecule has 3 N–H and O–H groups in total. The van der Waals surface area contributed by atoms with E-state index < -0.39 is 0 Å². The molecule has 3 aromatic rings. The summed E-state index contributed by atoms with van der Waals surface area (Å²) in [6.45, 7) is 4.40. The number of amidine groups is 1. The van der Waals surface area contributed by atoms with E-state index in [1.807, 2.05) is 12.1 Å². The van der Waals surface area contributed by atoms with Gasteiger partial charge in [0.1, 0.15) is 10.7 Å². The Bertz CT molecular complexity index is 1080. The van der Waals surface area contributed by atoms with E-state index in [1.165, 1.54) is 27.8 Å². The third-order valence-electron chi connectivity index (χ3n) is 5.29. The molecule has 1 aliphatic rings. The first kappa shape index (κ1) is 19.2. The van der Waals surface area contributed by atoms with Gasteiger partial charge < -0.3 is 10.7 Å². The normalized spacial score (nSPS) is 15.1. The Hall–Kier alpha value is -2.12. The average molecular weight is 413 g/mol. The molecular formula is C21H24N4OS2. The Labute approximate surface area is 172 Å². The molecule has 0 amide bonds. The minimum absolute atomic E-state index is 0.0313. The molecule has 2 heterocycles. The van der Waals surface area contributed by atoms with Gasteiger partial charge in [-0.25, -0.2) is 9.98 Å². The fourth-order valence-electron chi connectivity index (χ4n) is 3.53. The number of hydrogen-bond acceptors (Lipinski definition) is 5. The molecule has 1 atom stereocenters. The topological polar surface area (TPSA) is 84.1 Å². The summed E-state index contributed by atoms with van der Waals surface area (Å²) in [5.41, 5.74) is 9.40. The van der Waals surface area contributed by atoms with Gasteiger partial charge in [-0.05, 0) is 54.9 Å². The lowest BCUT2D eigenvalue weighted by atomic mass is 9.99. The highest BCUT2D eigenvalue weighted by Gasteiger charge is 2.21. The van der Waals surface area contributed by atoms with Crippen molar-refractivity contribution in [3.63, 3.8) is 0 Å². The van der Waals surface area contributed by atoms with Gasteiger partial charge in [0.25, 0.3) is 5.56 Å². The lowest BCUT2D eigenvalue weighted by molar-refractivity contribution is 0.734. The Balaban J connectivity index is 1.46. The molecule has 0 spiro atoms. The highest BCUT2D eigenvalue weighted by molar-refractivity contribution is 8.13. The number of aromatic nitrogens is 2. The lowest BCUT2D eigenvalue weighted by Crippen LogP contribution is -2.13. The molecule has 5 nitrogen and oxygen atoms in total. The standard InChI is InChI=1S/C21H24N4OS2/c1-3-12(2)13-7-9-14(10-8-13)23-21(22)27-11-17-24-19(26)18-15-5-4-6-16(15)28-20(18)25-17/h7-10,12H,3-6,11H2,1-2H3,(H2,22,23)(H,24,25,26)/t12-/m1/s1. The number of nitrogens with zero attached hydrogens (tertiary/aromatic N) is 2. The maximum atomic E-state index is 12.5. The highest BCUT2D eigenvalue weighted by atomic mass is 32.2. The van der Waals surface area contributed by atoms with Crippen LogP contribution in [0.15, 0.2) is 34.1 Å². The summed E-state index contributed by atoms with van der Waals surface area (Å²) in [4.78, 5) is 26.7. The average Bonchev–Trinajstić information content (AvgIpc) is 3.27. The zero-order valence-corrected chi connectivity index (χ0v) is 17.8. The monoisotopic (exact) mass is 412 g/mol. The Kier molecular flexibility index (Phi) is 5.55. The number of nitrogens with one attached hydrogen (secondary N) is 1. The number of fused-ring (bicyclic) bond motifs is 3. The number of thiophene rings is 1. The SMILES string of the molecule is CC[C@@H](C)c1ccc(N=C(N)SCc2nc3sc4c(c3c(=O)[nH]2)CCC4)cc1. The van der Waals surface area contributed by atoms with E-state index in [1.54, 1.807) is 11.3 Å². The van der Waals surface area contributed by atoms with E-state index in [4.69, 9.17) is 5.73 Å². The second kappa shape index (κ2) is 8.09. The number of H-pyrrole nitrogens is 1. The maximum Gasteiger partial charge on any atom is 0.259 e. The third-order valence-corrected chi connectivity index (χ3v) is 7.29. The summed E-state index contributed by atoms with van der Waals surface area (Å²) in [6, 6.07) is 8.20. The van der Waals surface area contributed by atoms with Crippen LogP contribution >= 0.6 is 23.1 Å². The zero-order chi connectivity index (χ0) is 19.7. The van der Waals surface area contributed by atoms with Gasteiger partial charge in [-0.2, -0.15) is 0 Å². The zero-order valence-electron chi connectivity index (χ0n) is 16.1. The van der Waals surface area contributed by atoms with E-state index in [0.29, 0.717) is 22.7 Å². The minimum Gasteiger partial charge on any atom is -0.378 e. The third kappa shape index (κ3) is 3.86. The van der Waals surface area contributed by atoms with Crippen LogP contribution in [-0.4, -0.2) is 15.1 Å². The summed E-state index contributed by atoms with van der Waals surface area (Å²) in [5, 5.41) is 1.25. The van der Waals surface area contributed by atoms with Crippen LogP contribution in [0.5, 0.6) is 0 Å². The van der Waals surface area contributed by atoms with Gasteiger partial charge >= 0.3 is 0 Å². The molecule has 7 heteroatoms. The van der Waals surface area contributed by atoms with E-state index in [9.17, 15) is 4.79 Å². The maximum absolute atomic E-state index is 12.5. The summed E-state index contributed by atoms with van der Waals surface area (Å²) in [7, 11) is 0. The Morgan fingerprint density at radius 3 is 2.89 bits per heavy atom. The molecule has 0 fully saturated rings. The van der Waals surface area contributed by atoms with Gasteiger partial charge in [-0.3, -0.25) is 4.79 Å². The summed E-state index contributed by atoms with van der Waals surface area (Å²) < 4.78 is 0. The molecule has 146 valence electrons. The fraction of sp³-hybridized carbons (Fsp3) is 0.381. The van der Waals surface area contributed by atoms with Gasteiger partial charge in [0.05, 0.1) is 16.8 Å². The van der Waals surface area contributed by atoms with Gasteiger partial charge in [-0.1, -0.05) is 37.7 Å². The molecule has 0 bridgehead atoms. The molecule has 4 rings (SSSR count). The van der Waals surface area contributed by atoms with E-state index in [-0.39, 0.29) is 5.56 Å². The van der Waals surface area contributed by atoms with Crippen LogP contribution in [0.25, 0.3) is 10.2 Å².